The number of amides is 1. The fourth-order valence-corrected chi connectivity index (χ4v) is 4.25. The van der Waals surface area contributed by atoms with Crippen molar-refractivity contribution in [3.05, 3.63) is 0 Å². The molecule has 1 rings (SSSR count). The van der Waals surface area contributed by atoms with Gasteiger partial charge in [0.15, 0.2) is 0 Å². The molecule has 0 bridgehead atoms. The van der Waals surface area contributed by atoms with Gasteiger partial charge < -0.3 is 10.0 Å². The molecule has 0 aromatic carbocycles. The molecule has 0 aromatic heterocycles. The molecular weight excluding hydrogens is 401 g/mol. The fourth-order valence-electron chi connectivity index (χ4n) is 3.41. The van der Waals surface area contributed by atoms with Gasteiger partial charge in [-0.3, -0.25) is 9.59 Å². The van der Waals surface area contributed by atoms with Crippen molar-refractivity contribution < 1.29 is 36.3 Å². The molecule has 3 atom stereocenters. The largest absolute Gasteiger partial charge is 0.511 e. The number of nitrogens with zero attached hydrogens (tertiary/aromatic N) is 1. The Balaban J connectivity index is 3.14. The van der Waals surface area contributed by atoms with Crippen molar-refractivity contribution in [2.45, 2.75) is 71.5 Å². The average Bonchev–Trinajstić information content (AvgIpc) is 2.49. The first-order valence-electron chi connectivity index (χ1n) is 9.08. The second-order valence-corrected chi connectivity index (χ2v) is 10.4. The summed E-state index contributed by atoms with van der Waals surface area (Å²) in [6.45, 7) is 9.02. The number of carboxylic acids is 1. The maximum absolute atomic E-state index is 12.9. The molecule has 0 spiro atoms. The average molecular weight is 430 g/mol. The maximum Gasteiger partial charge on any atom is 0.511 e. The lowest BCUT2D eigenvalue weighted by Crippen LogP contribution is -2.58. The Morgan fingerprint density at radius 3 is 2.14 bits per heavy atom. The molecule has 164 valence electrons. The lowest BCUT2D eigenvalue weighted by atomic mass is 9.72. The number of sulfonamides is 1. The van der Waals surface area contributed by atoms with Crippen LogP contribution in [0.1, 0.15) is 53.9 Å². The predicted molar refractivity (Wildman–Crippen MR) is 96.7 cm³/mol. The van der Waals surface area contributed by atoms with Gasteiger partial charge in [-0.15, -0.1) is 0 Å². The topological polar surface area (TPSA) is 104 Å². The summed E-state index contributed by atoms with van der Waals surface area (Å²) < 4.78 is 62.7. The highest BCUT2D eigenvalue weighted by molar-refractivity contribution is 7.90. The van der Waals surface area contributed by atoms with Crippen molar-refractivity contribution in [2.24, 2.45) is 17.3 Å². The molecule has 1 saturated heterocycles. The number of aliphatic carboxylic acids is 1. The van der Waals surface area contributed by atoms with E-state index in [1.807, 2.05) is 20.8 Å². The van der Waals surface area contributed by atoms with E-state index in [1.54, 1.807) is 0 Å². The smallest absolute Gasteiger partial charge is 0.481 e. The molecule has 28 heavy (non-hydrogen) atoms. The maximum atomic E-state index is 12.9. The van der Waals surface area contributed by atoms with Crippen molar-refractivity contribution in [3.8, 4) is 0 Å². The molecule has 1 aliphatic heterocycles. The van der Waals surface area contributed by atoms with Crippen molar-refractivity contribution in [2.75, 3.05) is 6.54 Å². The molecule has 0 aromatic rings. The first kappa shape index (κ1) is 24.7. The number of hydrogen-bond donors (Lipinski definition) is 2. The van der Waals surface area contributed by atoms with Crippen LogP contribution >= 0.6 is 0 Å². The Bertz CT molecular complexity index is 686. The number of rotatable bonds is 6. The van der Waals surface area contributed by atoms with Crippen LogP contribution in [-0.4, -0.2) is 54.4 Å². The van der Waals surface area contributed by atoms with E-state index in [-0.39, 0.29) is 24.3 Å². The summed E-state index contributed by atoms with van der Waals surface area (Å²) in [6, 6.07) is -2.34. The minimum Gasteiger partial charge on any atom is -0.481 e. The van der Waals surface area contributed by atoms with Crippen molar-refractivity contribution in [3.63, 3.8) is 0 Å². The molecular formula is C17H29F3N2O5S. The number of nitrogens with one attached hydrogen (secondary N) is 1. The Morgan fingerprint density at radius 1 is 1.21 bits per heavy atom. The SMILES string of the molecule is CC(C)[C@H](NS(=O)(=O)C(F)(F)F)C(=O)N1CC[C@@H](C(C)(C)C)C[C@H]1CC(=O)O. The normalized spacial score (nSPS) is 23.0. The molecule has 2 N–H and O–H groups in total. The zero-order valence-corrected chi connectivity index (χ0v) is 17.5. The van der Waals surface area contributed by atoms with E-state index in [2.05, 4.69) is 0 Å². The van der Waals surface area contributed by atoms with Crippen LogP contribution in [0.2, 0.25) is 0 Å². The van der Waals surface area contributed by atoms with Gasteiger partial charge in [-0.1, -0.05) is 34.6 Å². The quantitative estimate of drug-likeness (QED) is 0.674. The molecule has 11 heteroatoms. The van der Waals surface area contributed by atoms with Crippen LogP contribution in [-0.2, 0) is 19.6 Å². The third-order valence-electron chi connectivity index (χ3n) is 5.15. The van der Waals surface area contributed by atoms with Crippen LogP contribution in [0.3, 0.4) is 0 Å². The van der Waals surface area contributed by atoms with Crippen LogP contribution in [0.25, 0.3) is 0 Å². The molecule has 0 aliphatic carbocycles. The highest BCUT2D eigenvalue weighted by Crippen LogP contribution is 2.38. The summed E-state index contributed by atoms with van der Waals surface area (Å²) in [4.78, 5) is 25.4. The van der Waals surface area contributed by atoms with Gasteiger partial charge in [0, 0.05) is 12.6 Å². The summed E-state index contributed by atoms with van der Waals surface area (Å²) in [5.41, 5.74) is -5.67. The number of carboxylic acid groups (broad SMARTS) is 1. The standard InChI is InChI=1S/C17H29F3N2O5S/c1-10(2)14(21-28(26,27)17(18,19)20)15(25)22-7-6-11(16(3,4)5)8-12(22)9-13(23)24/h10-12,14,21H,6-9H2,1-5H3,(H,23,24)/t11-,12+,14+/m1/s1. The monoisotopic (exact) mass is 430 g/mol. The van der Waals surface area contributed by atoms with Gasteiger partial charge in [-0.05, 0) is 30.1 Å². The second-order valence-electron chi connectivity index (χ2n) is 8.66. The molecule has 0 unspecified atom stereocenters. The highest BCUT2D eigenvalue weighted by atomic mass is 32.2. The molecule has 1 fully saturated rings. The van der Waals surface area contributed by atoms with Gasteiger partial charge in [0.25, 0.3) is 0 Å². The van der Waals surface area contributed by atoms with E-state index in [9.17, 15) is 36.3 Å². The van der Waals surface area contributed by atoms with E-state index in [0.717, 1.165) is 0 Å². The molecule has 1 aliphatic rings. The summed E-state index contributed by atoms with van der Waals surface area (Å²) in [5, 5.41) is 9.20. The first-order valence-corrected chi connectivity index (χ1v) is 10.6. The third-order valence-corrected chi connectivity index (χ3v) is 6.33. The number of carbonyl (C=O) groups is 2. The number of alkyl halides is 3. The van der Waals surface area contributed by atoms with E-state index in [1.165, 1.54) is 23.5 Å². The van der Waals surface area contributed by atoms with Crippen LogP contribution < -0.4 is 4.72 Å². The predicted octanol–water partition coefficient (Wildman–Crippen LogP) is 2.58. The van der Waals surface area contributed by atoms with Gasteiger partial charge >= 0.3 is 21.5 Å². The summed E-state index contributed by atoms with van der Waals surface area (Å²) in [5.74, 6) is -2.59. The van der Waals surface area contributed by atoms with Crippen molar-refractivity contribution >= 4 is 21.9 Å². The Kier molecular flexibility index (Phi) is 7.55. The molecule has 0 radical (unpaired) electrons. The summed E-state index contributed by atoms with van der Waals surface area (Å²) in [6.07, 6.45) is 0.593. The Hall–Kier alpha value is -1.36. The zero-order chi connectivity index (χ0) is 22.1. The number of hydrogen-bond acceptors (Lipinski definition) is 4. The minimum atomic E-state index is -5.71. The van der Waals surface area contributed by atoms with Gasteiger partial charge in [0.05, 0.1) is 6.42 Å². The fraction of sp³-hybridized carbons (Fsp3) is 0.882. The van der Waals surface area contributed by atoms with Crippen LogP contribution in [0.5, 0.6) is 0 Å². The number of piperidine rings is 1. The van der Waals surface area contributed by atoms with Crippen molar-refractivity contribution in [1.29, 1.82) is 0 Å². The van der Waals surface area contributed by atoms with Gasteiger partial charge in [-0.2, -0.15) is 17.9 Å². The highest BCUT2D eigenvalue weighted by Gasteiger charge is 2.49. The van der Waals surface area contributed by atoms with Gasteiger partial charge in [-0.25, -0.2) is 8.42 Å². The number of likely N-dealkylation sites (tertiary alicyclic amines) is 1. The lowest BCUT2D eigenvalue weighted by molar-refractivity contribution is -0.144. The molecule has 1 amide bonds. The van der Waals surface area contributed by atoms with Crippen LogP contribution in [0.4, 0.5) is 13.2 Å². The zero-order valence-electron chi connectivity index (χ0n) is 16.7. The minimum absolute atomic E-state index is 0.124. The second kappa shape index (κ2) is 8.56. The van der Waals surface area contributed by atoms with Gasteiger partial charge in [0.2, 0.25) is 5.91 Å². The number of carbonyl (C=O) groups excluding carboxylic acids is 1. The number of halogens is 3. The summed E-state index contributed by atoms with van der Waals surface area (Å²) in [7, 11) is -5.71. The molecule has 1 heterocycles. The van der Waals surface area contributed by atoms with E-state index in [0.29, 0.717) is 12.8 Å². The summed E-state index contributed by atoms with van der Waals surface area (Å²) >= 11 is 0. The van der Waals surface area contributed by atoms with Gasteiger partial charge in [0.1, 0.15) is 6.04 Å². The van der Waals surface area contributed by atoms with Crippen LogP contribution in [0, 0.1) is 17.3 Å². The van der Waals surface area contributed by atoms with E-state index >= 15 is 0 Å². The molecule has 0 saturated carbocycles. The third kappa shape index (κ3) is 6.07. The first-order chi connectivity index (χ1) is 12.5. The Morgan fingerprint density at radius 2 is 1.75 bits per heavy atom. The van der Waals surface area contributed by atoms with E-state index < -0.39 is 45.4 Å². The van der Waals surface area contributed by atoms with Crippen LogP contribution in [0.15, 0.2) is 0 Å². The van der Waals surface area contributed by atoms with E-state index in [4.69, 9.17) is 0 Å². The lowest BCUT2D eigenvalue weighted by Gasteiger charge is -2.45. The van der Waals surface area contributed by atoms with Crippen molar-refractivity contribution in [1.82, 2.24) is 9.62 Å². The Labute approximate surface area is 163 Å². The molecule has 7 nitrogen and oxygen atoms in total.